The van der Waals surface area contributed by atoms with Crippen LogP contribution < -0.4 is 15.4 Å². The second-order valence-electron chi connectivity index (χ2n) is 11.2. The normalized spacial score (nSPS) is 22.3. The zero-order valence-corrected chi connectivity index (χ0v) is 22.0. The molecule has 4 N–H and O–H groups in total. The minimum Gasteiger partial charge on any atom is -0.488 e. The number of fused-ring (bicyclic) bond motifs is 6. The second-order valence-corrected chi connectivity index (χ2v) is 11.2. The number of benzene rings is 3. The summed E-state index contributed by atoms with van der Waals surface area (Å²) < 4.78 is 11.7. The fraction of sp³-hybridized carbons (Fsp3) is 0.355. The predicted octanol–water partition coefficient (Wildman–Crippen LogP) is 5.39. The number of imidazole rings is 2. The third kappa shape index (κ3) is 3.93. The Hall–Kier alpha value is -3.72. The lowest BCUT2D eigenvalue weighted by Gasteiger charge is -2.22. The predicted molar refractivity (Wildman–Crippen MR) is 152 cm³/mol. The van der Waals surface area contributed by atoms with Gasteiger partial charge in [0, 0.05) is 24.6 Å². The quantitative estimate of drug-likeness (QED) is 0.248. The number of hydrogen-bond donors (Lipinski definition) is 4. The van der Waals surface area contributed by atoms with Gasteiger partial charge in [0.25, 0.3) is 0 Å². The van der Waals surface area contributed by atoms with Crippen molar-refractivity contribution in [1.82, 2.24) is 30.6 Å². The number of ether oxygens (including phenoxy) is 2. The van der Waals surface area contributed by atoms with Gasteiger partial charge in [-0.15, -0.1) is 0 Å². The Morgan fingerprint density at radius 1 is 1.00 bits per heavy atom. The lowest BCUT2D eigenvalue weighted by Crippen LogP contribution is -2.15. The van der Waals surface area contributed by atoms with Crippen molar-refractivity contribution in [3.63, 3.8) is 0 Å². The maximum absolute atomic E-state index is 6.33. The number of nitrogens with zero attached hydrogens (tertiary/aromatic N) is 2. The molecule has 0 bridgehead atoms. The molecule has 0 aliphatic carbocycles. The summed E-state index contributed by atoms with van der Waals surface area (Å²) in [4.78, 5) is 16.8. The van der Waals surface area contributed by atoms with Crippen LogP contribution >= 0.6 is 0 Å². The highest BCUT2D eigenvalue weighted by atomic mass is 16.5. The minimum absolute atomic E-state index is 0.242. The molecule has 2 saturated heterocycles. The third-order valence-electron chi connectivity index (χ3n) is 8.62. The molecule has 0 radical (unpaired) electrons. The summed E-state index contributed by atoms with van der Waals surface area (Å²) >= 11 is 0. The lowest BCUT2D eigenvalue weighted by atomic mass is 9.92. The Bertz CT molecular complexity index is 1700. The second kappa shape index (κ2) is 9.19. The van der Waals surface area contributed by atoms with Gasteiger partial charge in [0.2, 0.25) is 0 Å². The molecule has 5 heterocycles. The van der Waals surface area contributed by atoms with E-state index in [0.717, 1.165) is 83.2 Å². The maximum atomic E-state index is 6.33. The van der Waals surface area contributed by atoms with Crippen LogP contribution in [0.3, 0.4) is 0 Å². The van der Waals surface area contributed by atoms with Crippen molar-refractivity contribution in [1.29, 1.82) is 0 Å². The molecule has 8 heteroatoms. The van der Waals surface area contributed by atoms with Crippen LogP contribution in [0.2, 0.25) is 0 Å². The van der Waals surface area contributed by atoms with E-state index >= 15 is 0 Å². The van der Waals surface area contributed by atoms with E-state index in [-0.39, 0.29) is 6.04 Å². The Kier molecular flexibility index (Phi) is 5.46. The molecule has 3 aliphatic heterocycles. The molecule has 39 heavy (non-hydrogen) atoms. The van der Waals surface area contributed by atoms with Crippen molar-refractivity contribution in [2.75, 3.05) is 26.8 Å². The van der Waals surface area contributed by atoms with E-state index in [1.54, 1.807) is 7.11 Å². The number of methoxy groups -OCH3 is 1. The Morgan fingerprint density at radius 2 is 1.97 bits per heavy atom. The summed E-state index contributed by atoms with van der Waals surface area (Å²) in [7, 11) is 1.77. The molecule has 8 nitrogen and oxygen atoms in total. The first-order valence-electron chi connectivity index (χ1n) is 14.0. The smallest absolute Gasteiger partial charge is 0.128 e. The zero-order chi connectivity index (χ0) is 25.9. The summed E-state index contributed by atoms with van der Waals surface area (Å²) in [5.74, 6) is 3.48. The van der Waals surface area contributed by atoms with Crippen LogP contribution in [-0.2, 0) is 11.3 Å². The van der Waals surface area contributed by atoms with Crippen LogP contribution in [0.25, 0.3) is 44.2 Å². The van der Waals surface area contributed by atoms with Crippen molar-refractivity contribution in [3.05, 3.63) is 65.9 Å². The minimum atomic E-state index is 0.242. The Labute approximate surface area is 226 Å². The van der Waals surface area contributed by atoms with Crippen LogP contribution in [0.15, 0.2) is 48.7 Å². The van der Waals surface area contributed by atoms with Gasteiger partial charge in [-0.1, -0.05) is 18.2 Å². The van der Waals surface area contributed by atoms with Gasteiger partial charge in [0.1, 0.15) is 24.0 Å². The van der Waals surface area contributed by atoms with Crippen molar-refractivity contribution >= 4 is 21.8 Å². The lowest BCUT2D eigenvalue weighted by molar-refractivity contribution is 0.159. The first kappa shape index (κ1) is 23.2. The average Bonchev–Trinajstić information content (AvgIpc) is 3.78. The highest BCUT2D eigenvalue weighted by Crippen LogP contribution is 2.42. The largest absolute Gasteiger partial charge is 0.488 e. The SMILES string of the molecule is COC[C@@H]1CN[C@H](c2ncc(-c3ccc4c(c3)COc3cc5c(ccc6nc([C@@H]7CCCN7)[nH]c65)cc3-4)[nH]2)C1. The van der Waals surface area contributed by atoms with Crippen molar-refractivity contribution < 1.29 is 9.47 Å². The highest BCUT2D eigenvalue weighted by molar-refractivity contribution is 6.07. The highest BCUT2D eigenvalue weighted by Gasteiger charge is 2.28. The molecule has 198 valence electrons. The van der Waals surface area contributed by atoms with Crippen molar-refractivity contribution in [3.8, 4) is 28.1 Å². The van der Waals surface area contributed by atoms with Crippen LogP contribution in [0.4, 0.5) is 0 Å². The zero-order valence-electron chi connectivity index (χ0n) is 22.0. The van der Waals surface area contributed by atoms with Gasteiger partial charge >= 0.3 is 0 Å². The molecule has 0 saturated carbocycles. The number of aromatic amines is 2. The summed E-state index contributed by atoms with van der Waals surface area (Å²) in [5, 5.41) is 9.46. The Balaban J connectivity index is 1.11. The molecule has 2 aromatic heterocycles. The molecule has 0 unspecified atom stereocenters. The number of H-pyrrole nitrogens is 2. The molecular formula is C31H32N6O2. The third-order valence-corrected chi connectivity index (χ3v) is 8.62. The van der Waals surface area contributed by atoms with Crippen LogP contribution in [-0.4, -0.2) is 46.7 Å². The van der Waals surface area contributed by atoms with Crippen molar-refractivity contribution in [2.45, 2.75) is 38.0 Å². The van der Waals surface area contributed by atoms with E-state index in [2.05, 4.69) is 63.1 Å². The van der Waals surface area contributed by atoms with E-state index in [1.165, 1.54) is 22.9 Å². The van der Waals surface area contributed by atoms with Gasteiger partial charge in [-0.25, -0.2) is 9.97 Å². The average molecular weight is 521 g/mol. The molecule has 8 rings (SSSR count). The summed E-state index contributed by atoms with van der Waals surface area (Å²) in [6, 6.07) is 15.9. The fourth-order valence-corrected chi connectivity index (χ4v) is 6.60. The van der Waals surface area contributed by atoms with E-state index in [0.29, 0.717) is 18.6 Å². The molecule has 0 spiro atoms. The number of rotatable bonds is 5. The molecule has 3 aromatic carbocycles. The van der Waals surface area contributed by atoms with Crippen LogP contribution in [0.5, 0.6) is 5.75 Å². The first-order chi connectivity index (χ1) is 19.2. The summed E-state index contributed by atoms with van der Waals surface area (Å²) in [6.45, 7) is 3.34. The molecule has 2 fully saturated rings. The van der Waals surface area contributed by atoms with E-state index in [4.69, 9.17) is 19.4 Å². The van der Waals surface area contributed by atoms with Gasteiger partial charge in [0.15, 0.2) is 0 Å². The Morgan fingerprint density at radius 3 is 2.87 bits per heavy atom. The van der Waals surface area contributed by atoms with Crippen molar-refractivity contribution in [2.24, 2.45) is 5.92 Å². The first-order valence-corrected chi connectivity index (χ1v) is 14.0. The van der Waals surface area contributed by atoms with E-state index < -0.39 is 0 Å². The number of nitrogens with one attached hydrogen (secondary N) is 4. The summed E-state index contributed by atoms with van der Waals surface area (Å²) in [5.41, 5.74) is 7.80. The molecule has 5 aromatic rings. The van der Waals surface area contributed by atoms with E-state index in [9.17, 15) is 0 Å². The fourth-order valence-electron chi connectivity index (χ4n) is 6.60. The number of aromatic nitrogens is 4. The molecule has 0 amide bonds. The van der Waals surface area contributed by atoms with Crippen LogP contribution in [0, 0.1) is 5.92 Å². The van der Waals surface area contributed by atoms with E-state index in [1.807, 2.05) is 6.20 Å². The molecular weight excluding hydrogens is 488 g/mol. The molecule has 3 atom stereocenters. The van der Waals surface area contributed by atoms with Gasteiger partial charge in [-0.3, -0.25) is 0 Å². The van der Waals surface area contributed by atoms with Gasteiger partial charge in [0.05, 0.1) is 41.6 Å². The monoisotopic (exact) mass is 520 g/mol. The van der Waals surface area contributed by atoms with Gasteiger partial charge in [-0.2, -0.15) is 0 Å². The molecule has 3 aliphatic rings. The van der Waals surface area contributed by atoms with Crippen LogP contribution in [0.1, 0.15) is 48.6 Å². The van der Waals surface area contributed by atoms with Gasteiger partial charge < -0.3 is 30.1 Å². The number of hydrogen-bond acceptors (Lipinski definition) is 6. The summed E-state index contributed by atoms with van der Waals surface area (Å²) in [6.07, 6.45) is 5.30. The maximum Gasteiger partial charge on any atom is 0.128 e. The standard InChI is InChI=1S/C31H32N6O2/c1-38-15-17-9-26(33-13-17)30-34-14-27(36-30)19-4-6-21-20(10-19)16-39-28-12-22-18(11-23(21)28)5-7-24-29(22)37-31(35-24)25-3-2-8-32-25/h4-7,10-12,14,17,25-26,32-33H,2-3,8-9,13,15-16H2,1H3,(H,34,36)(H,35,37)/t17-,25-,26-/m0/s1. The van der Waals surface area contributed by atoms with Gasteiger partial charge in [-0.05, 0) is 78.1 Å². The topological polar surface area (TPSA) is 99.9 Å².